The molecule has 0 saturated heterocycles. The van der Waals surface area contributed by atoms with Gasteiger partial charge in [-0.15, -0.1) is 0 Å². The van der Waals surface area contributed by atoms with Crippen LogP contribution in [-0.2, 0) is 4.74 Å². The maximum Gasteiger partial charge on any atom is 0.405 e. The largest absolute Gasteiger partial charge is 0.462 e. The number of nitrogens with zero attached hydrogens (tertiary/aromatic N) is 1. The van der Waals surface area contributed by atoms with E-state index in [1.54, 1.807) is 13.8 Å². The van der Waals surface area contributed by atoms with E-state index in [9.17, 15) is 18.0 Å². The van der Waals surface area contributed by atoms with Gasteiger partial charge in [0.15, 0.2) is 0 Å². The molecule has 0 aliphatic heterocycles. The standard InChI is InChI=1S/C13H17F3N2O2/c1-3-18(8-13(14,15)16)10-7-5-6-9(11(10)17)12(19)20-4-2/h5-7H,3-4,8,17H2,1-2H3. The van der Waals surface area contributed by atoms with Crippen LogP contribution in [0.15, 0.2) is 18.2 Å². The SMILES string of the molecule is CCOC(=O)c1cccc(N(CC)CC(F)(F)F)c1N. The van der Waals surface area contributed by atoms with Crippen LogP contribution in [0.4, 0.5) is 24.5 Å². The Morgan fingerprint density at radius 2 is 2.00 bits per heavy atom. The molecule has 4 nitrogen and oxygen atoms in total. The summed E-state index contributed by atoms with van der Waals surface area (Å²) in [6.45, 7) is 2.39. The third-order valence-electron chi connectivity index (χ3n) is 2.67. The molecule has 0 spiro atoms. The van der Waals surface area contributed by atoms with E-state index >= 15 is 0 Å². The number of hydrogen-bond donors (Lipinski definition) is 1. The Hall–Kier alpha value is -1.92. The van der Waals surface area contributed by atoms with Crippen molar-refractivity contribution in [3.8, 4) is 0 Å². The summed E-state index contributed by atoms with van der Waals surface area (Å²) < 4.78 is 42.4. The Bertz CT molecular complexity index is 475. The smallest absolute Gasteiger partial charge is 0.405 e. The molecule has 0 unspecified atom stereocenters. The monoisotopic (exact) mass is 290 g/mol. The van der Waals surface area contributed by atoms with E-state index < -0.39 is 18.7 Å². The van der Waals surface area contributed by atoms with Crippen molar-refractivity contribution in [2.45, 2.75) is 20.0 Å². The molecule has 20 heavy (non-hydrogen) atoms. The van der Waals surface area contributed by atoms with E-state index in [1.165, 1.54) is 18.2 Å². The lowest BCUT2D eigenvalue weighted by Crippen LogP contribution is -2.34. The zero-order chi connectivity index (χ0) is 15.3. The van der Waals surface area contributed by atoms with Crippen LogP contribution in [0, 0.1) is 0 Å². The lowest BCUT2D eigenvalue weighted by molar-refractivity contribution is -0.119. The predicted molar refractivity (Wildman–Crippen MR) is 70.8 cm³/mol. The number of carbonyl (C=O) groups excluding carboxylic acids is 1. The number of ether oxygens (including phenoxy) is 1. The number of carbonyl (C=O) groups is 1. The van der Waals surface area contributed by atoms with Crippen molar-refractivity contribution >= 4 is 17.3 Å². The number of para-hydroxylation sites is 1. The molecule has 0 fully saturated rings. The number of alkyl halides is 3. The van der Waals surface area contributed by atoms with Crippen LogP contribution in [0.3, 0.4) is 0 Å². The third kappa shape index (κ3) is 4.04. The maximum atomic E-state index is 12.5. The van der Waals surface area contributed by atoms with E-state index in [-0.39, 0.29) is 30.1 Å². The highest BCUT2D eigenvalue weighted by atomic mass is 19.4. The molecule has 0 aliphatic rings. The normalized spacial score (nSPS) is 11.2. The molecular formula is C13H17F3N2O2. The van der Waals surface area contributed by atoms with Gasteiger partial charge in [0.1, 0.15) is 6.54 Å². The summed E-state index contributed by atoms with van der Waals surface area (Å²) in [5.41, 5.74) is 6.05. The molecule has 1 rings (SSSR count). The van der Waals surface area contributed by atoms with Gasteiger partial charge in [0.05, 0.1) is 23.5 Å². The number of nitrogen functional groups attached to an aromatic ring is 1. The summed E-state index contributed by atoms with van der Waals surface area (Å²) in [4.78, 5) is 12.7. The Kier molecular flexibility index (Phi) is 5.24. The lowest BCUT2D eigenvalue weighted by Gasteiger charge is -2.26. The number of anilines is 2. The quantitative estimate of drug-likeness (QED) is 0.669. The second kappa shape index (κ2) is 6.49. The summed E-state index contributed by atoms with van der Waals surface area (Å²) in [7, 11) is 0. The molecule has 0 amide bonds. The lowest BCUT2D eigenvalue weighted by atomic mass is 10.1. The number of hydrogen-bond acceptors (Lipinski definition) is 4. The van der Waals surface area contributed by atoms with Crippen molar-refractivity contribution in [2.24, 2.45) is 0 Å². The highest BCUT2D eigenvalue weighted by molar-refractivity contribution is 5.98. The highest BCUT2D eigenvalue weighted by Gasteiger charge is 2.31. The van der Waals surface area contributed by atoms with Gasteiger partial charge in [0, 0.05) is 6.54 Å². The molecule has 0 bridgehead atoms. The van der Waals surface area contributed by atoms with Crippen LogP contribution in [-0.4, -0.2) is 31.8 Å². The highest BCUT2D eigenvalue weighted by Crippen LogP contribution is 2.29. The molecule has 7 heteroatoms. The van der Waals surface area contributed by atoms with Crippen LogP contribution in [0.2, 0.25) is 0 Å². The fraction of sp³-hybridized carbons (Fsp3) is 0.462. The minimum atomic E-state index is -4.34. The maximum absolute atomic E-state index is 12.5. The number of halogens is 3. The number of nitrogens with two attached hydrogens (primary N) is 1. The summed E-state index contributed by atoms with van der Waals surface area (Å²) >= 11 is 0. The molecule has 0 radical (unpaired) electrons. The zero-order valence-electron chi connectivity index (χ0n) is 11.3. The van der Waals surface area contributed by atoms with Crippen LogP contribution >= 0.6 is 0 Å². The second-order valence-electron chi connectivity index (χ2n) is 4.09. The van der Waals surface area contributed by atoms with E-state index in [1.807, 2.05) is 0 Å². The van der Waals surface area contributed by atoms with Crippen molar-refractivity contribution in [2.75, 3.05) is 30.3 Å². The van der Waals surface area contributed by atoms with Gasteiger partial charge in [-0.25, -0.2) is 4.79 Å². The average molecular weight is 290 g/mol. The fourth-order valence-corrected chi connectivity index (χ4v) is 1.80. The molecule has 2 N–H and O–H groups in total. The molecule has 0 heterocycles. The molecule has 0 aromatic heterocycles. The number of benzene rings is 1. The summed E-state index contributed by atoms with van der Waals surface area (Å²) in [5, 5.41) is 0. The zero-order valence-corrected chi connectivity index (χ0v) is 11.3. The minimum Gasteiger partial charge on any atom is -0.462 e. The predicted octanol–water partition coefficient (Wildman–Crippen LogP) is 2.83. The molecule has 0 atom stereocenters. The van der Waals surface area contributed by atoms with Crippen LogP contribution in [0.5, 0.6) is 0 Å². The first-order valence-corrected chi connectivity index (χ1v) is 6.17. The minimum absolute atomic E-state index is 0.00273. The Morgan fingerprint density at radius 3 is 2.50 bits per heavy atom. The Balaban J connectivity index is 3.11. The Labute approximate surface area is 115 Å². The van der Waals surface area contributed by atoms with Gasteiger partial charge in [0.2, 0.25) is 0 Å². The van der Waals surface area contributed by atoms with Gasteiger partial charge in [-0.05, 0) is 26.0 Å². The topological polar surface area (TPSA) is 55.6 Å². The van der Waals surface area contributed by atoms with Gasteiger partial charge < -0.3 is 15.4 Å². The van der Waals surface area contributed by atoms with Crippen molar-refractivity contribution in [3.05, 3.63) is 23.8 Å². The van der Waals surface area contributed by atoms with Crippen LogP contribution < -0.4 is 10.6 Å². The van der Waals surface area contributed by atoms with E-state index in [0.29, 0.717) is 0 Å². The summed E-state index contributed by atoms with van der Waals surface area (Å²) in [6, 6.07) is 4.36. The van der Waals surface area contributed by atoms with Gasteiger partial charge in [-0.3, -0.25) is 0 Å². The molecular weight excluding hydrogens is 273 g/mol. The van der Waals surface area contributed by atoms with Crippen LogP contribution in [0.25, 0.3) is 0 Å². The van der Waals surface area contributed by atoms with E-state index in [0.717, 1.165) is 4.90 Å². The number of rotatable bonds is 5. The van der Waals surface area contributed by atoms with Crippen molar-refractivity contribution < 1.29 is 22.7 Å². The third-order valence-corrected chi connectivity index (χ3v) is 2.67. The molecule has 1 aromatic rings. The fourth-order valence-electron chi connectivity index (χ4n) is 1.80. The van der Waals surface area contributed by atoms with Crippen molar-refractivity contribution in [1.29, 1.82) is 0 Å². The number of esters is 1. The second-order valence-corrected chi connectivity index (χ2v) is 4.09. The Morgan fingerprint density at radius 1 is 1.35 bits per heavy atom. The van der Waals surface area contributed by atoms with Gasteiger partial charge in [-0.2, -0.15) is 13.2 Å². The molecule has 1 aromatic carbocycles. The van der Waals surface area contributed by atoms with Crippen LogP contribution in [0.1, 0.15) is 24.2 Å². The first kappa shape index (κ1) is 16.1. The summed E-state index contributed by atoms with van der Waals surface area (Å²) in [6.07, 6.45) is -4.34. The molecule has 0 aliphatic carbocycles. The van der Waals surface area contributed by atoms with Gasteiger partial charge in [0.25, 0.3) is 0 Å². The van der Waals surface area contributed by atoms with Crippen molar-refractivity contribution in [1.82, 2.24) is 0 Å². The van der Waals surface area contributed by atoms with E-state index in [4.69, 9.17) is 10.5 Å². The summed E-state index contributed by atoms with van der Waals surface area (Å²) in [5.74, 6) is -0.644. The first-order valence-electron chi connectivity index (χ1n) is 6.17. The molecule has 112 valence electrons. The van der Waals surface area contributed by atoms with Crippen molar-refractivity contribution in [3.63, 3.8) is 0 Å². The van der Waals surface area contributed by atoms with Gasteiger partial charge >= 0.3 is 12.1 Å². The average Bonchev–Trinajstić information content (AvgIpc) is 2.35. The first-order chi connectivity index (χ1) is 9.30. The van der Waals surface area contributed by atoms with Gasteiger partial charge in [-0.1, -0.05) is 6.07 Å². The molecule has 0 saturated carbocycles. The van der Waals surface area contributed by atoms with E-state index in [2.05, 4.69) is 0 Å².